The van der Waals surface area contributed by atoms with Crippen LogP contribution in [0, 0.1) is 0 Å². The highest BCUT2D eigenvalue weighted by atomic mass is 16.7. The fraction of sp³-hybridized carbons (Fsp3) is 0.308. The van der Waals surface area contributed by atoms with Crippen LogP contribution in [0.5, 0.6) is 0 Å². The Morgan fingerprint density at radius 1 is 0.688 bits per heavy atom. The normalized spacial score (nSPS) is 26.1. The Balaban J connectivity index is 1.77. The van der Waals surface area contributed by atoms with Crippen LogP contribution in [-0.4, -0.2) is 59.7 Å². The van der Waals surface area contributed by atoms with Crippen LogP contribution in [0.25, 0.3) is 0 Å². The molecule has 3 aromatic rings. The van der Waals surface area contributed by atoms with Crippen LogP contribution in [0.3, 0.4) is 0 Å². The standard InChI is InChI=1S/C26H28O6/c1-30-25-24(29)23(28)22(27)21(32-25)17-31-26(18-11-5-2-6-12-18,19-13-7-3-8-14-19)20-15-9-4-10-16-20/h2-16,21-25,27-29H,17H2,1H3/t21-,22+,23+,24-,25+/m0/s1. The van der Waals surface area contributed by atoms with Crippen molar-refractivity contribution in [1.29, 1.82) is 0 Å². The van der Waals surface area contributed by atoms with Crippen molar-refractivity contribution in [2.45, 2.75) is 36.3 Å². The monoisotopic (exact) mass is 436 g/mol. The van der Waals surface area contributed by atoms with Crippen molar-refractivity contribution in [3.63, 3.8) is 0 Å². The van der Waals surface area contributed by atoms with E-state index in [0.717, 1.165) is 16.7 Å². The van der Waals surface area contributed by atoms with Crippen LogP contribution in [-0.2, 0) is 19.8 Å². The molecule has 1 heterocycles. The Bertz CT molecular complexity index is 867. The van der Waals surface area contributed by atoms with E-state index < -0.39 is 36.3 Å². The van der Waals surface area contributed by atoms with Crippen LogP contribution in [0.1, 0.15) is 16.7 Å². The Kier molecular flexibility index (Phi) is 7.01. The van der Waals surface area contributed by atoms with E-state index in [1.54, 1.807) is 0 Å². The Labute approximate surface area is 187 Å². The van der Waals surface area contributed by atoms with Crippen molar-refractivity contribution in [3.05, 3.63) is 108 Å². The smallest absolute Gasteiger partial charge is 0.186 e. The third-order valence-corrected chi connectivity index (χ3v) is 5.91. The molecule has 1 aliphatic heterocycles. The van der Waals surface area contributed by atoms with Crippen molar-refractivity contribution in [3.8, 4) is 0 Å². The highest BCUT2D eigenvalue weighted by Crippen LogP contribution is 2.41. The van der Waals surface area contributed by atoms with Crippen molar-refractivity contribution < 1.29 is 29.5 Å². The summed E-state index contributed by atoms with van der Waals surface area (Å²) in [4.78, 5) is 0. The first-order chi connectivity index (χ1) is 15.6. The topological polar surface area (TPSA) is 88.4 Å². The summed E-state index contributed by atoms with van der Waals surface area (Å²) >= 11 is 0. The minimum absolute atomic E-state index is 0.0521. The third kappa shape index (κ3) is 4.21. The number of ether oxygens (including phenoxy) is 3. The van der Waals surface area contributed by atoms with E-state index in [4.69, 9.17) is 14.2 Å². The number of hydrogen-bond donors (Lipinski definition) is 3. The zero-order valence-corrected chi connectivity index (χ0v) is 17.8. The van der Waals surface area contributed by atoms with Crippen LogP contribution in [0.15, 0.2) is 91.0 Å². The van der Waals surface area contributed by atoms with E-state index in [-0.39, 0.29) is 6.61 Å². The van der Waals surface area contributed by atoms with Gasteiger partial charge in [0.2, 0.25) is 0 Å². The molecule has 1 aliphatic rings. The number of methoxy groups -OCH3 is 1. The summed E-state index contributed by atoms with van der Waals surface area (Å²) in [5.74, 6) is 0. The predicted octanol–water partition coefficient (Wildman–Crippen LogP) is 2.45. The van der Waals surface area contributed by atoms with Crippen molar-refractivity contribution in [2.75, 3.05) is 13.7 Å². The van der Waals surface area contributed by atoms with Gasteiger partial charge in [-0.3, -0.25) is 0 Å². The first-order valence-electron chi connectivity index (χ1n) is 10.6. The van der Waals surface area contributed by atoms with Gasteiger partial charge in [0, 0.05) is 7.11 Å². The van der Waals surface area contributed by atoms with Gasteiger partial charge in [-0.15, -0.1) is 0 Å². The molecule has 0 saturated carbocycles. The third-order valence-electron chi connectivity index (χ3n) is 5.91. The molecular formula is C26H28O6. The van der Waals surface area contributed by atoms with Gasteiger partial charge < -0.3 is 29.5 Å². The second kappa shape index (κ2) is 9.92. The van der Waals surface area contributed by atoms with Crippen LogP contribution < -0.4 is 0 Å². The van der Waals surface area contributed by atoms with Crippen molar-refractivity contribution >= 4 is 0 Å². The molecule has 0 amide bonds. The van der Waals surface area contributed by atoms with Gasteiger partial charge in [0.15, 0.2) is 6.29 Å². The maximum absolute atomic E-state index is 10.6. The first kappa shape index (κ1) is 22.6. The molecule has 4 rings (SSSR count). The maximum atomic E-state index is 10.6. The molecule has 0 aliphatic carbocycles. The van der Waals surface area contributed by atoms with Crippen LogP contribution in [0.2, 0.25) is 0 Å². The lowest BCUT2D eigenvalue weighted by molar-refractivity contribution is -0.299. The molecular weight excluding hydrogens is 408 g/mol. The van der Waals surface area contributed by atoms with Gasteiger partial charge in [0.1, 0.15) is 30.0 Å². The zero-order valence-electron chi connectivity index (χ0n) is 17.8. The van der Waals surface area contributed by atoms with E-state index in [2.05, 4.69) is 0 Å². The number of hydrogen-bond acceptors (Lipinski definition) is 6. The van der Waals surface area contributed by atoms with Gasteiger partial charge in [-0.25, -0.2) is 0 Å². The molecule has 32 heavy (non-hydrogen) atoms. The fourth-order valence-corrected chi connectivity index (χ4v) is 4.22. The second-order valence-corrected chi connectivity index (χ2v) is 7.84. The average Bonchev–Trinajstić information content (AvgIpc) is 2.86. The Hall–Kier alpha value is -2.58. The number of aliphatic hydroxyl groups excluding tert-OH is 3. The van der Waals surface area contributed by atoms with E-state index in [1.807, 2.05) is 91.0 Å². The minimum Gasteiger partial charge on any atom is -0.387 e. The summed E-state index contributed by atoms with van der Waals surface area (Å²) in [6.45, 7) is -0.0521. The Morgan fingerprint density at radius 3 is 1.53 bits per heavy atom. The molecule has 0 unspecified atom stereocenters. The van der Waals surface area contributed by atoms with Crippen LogP contribution >= 0.6 is 0 Å². The predicted molar refractivity (Wildman–Crippen MR) is 119 cm³/mol. The van der Waals surface area contributed by atoms with Crippen molar-refractivity contribution in [2.24, 2.45) is 0 Å². The van der Waals surface area contributed by atoms with Gasteiger partial charge in [-0.05, 0) is 16.7 Å². The molecule has 6 heteroatoms. The van der Waals surface area contributed by atoms with E-state index >= 15 is 0 Å². The number of rotatable bonds is 7. The molecule has 6 nitrogen and oxygen atoms in total. The lowest BCUT2D eigenvalue weighted by atomic mass is 9.80. The highest BCUT2D eigenvalue weighted by Gasteiger charge is 2.46. The lowest BCUT2D eigenvalue weighted by Crippen LogP contribution is -2.59. The minimum atomic E-state index is -1.41. The fourth-order valence-electron chi connectivity index (χ4n) is 4.22. The highest BCUT2D eigenvalue weighted by molar-refractivity contribution is 5.47. The molecule has 0 aromatic heterocycles. The molecule has 0 radical (unpaired) electrons. The summed E-state index contributed by atoms with van der Waals surface area (Å²) in [5, 5.41) is 30.9. The molecule has 5 atom stereocenters. The van der Waals surface area contributed by atoms with Crippen molar-refractivity contribution in [1.82, 2.24) is 0 Å². The van der Waals surface area contributed by atoms with Gasteiger partial charge in [0.05, 0.1) is 6.61 Å². The zero-order chi connectivity index (χ0) is 22.6. The summed E-state index contributed by atoms with van der Waals surface area (Å²) < 4.78 is 17.5. The van der Waals surface area contributed by atoms with E-state index in [0.29, 0.717) is 0 Å². The summed E-state index contributed by atoms with van der Waals surface area (Å²) in [7, 11) is 1.37. The van der Waals surface area contributed by atoms with Gasteiger partial charge >= 0.3 is 0 Å². The van der Waals surface area contributed by atoms with Gasteiger partial charge in [0.25, 0.3) is 0 Å². The SMILES string of the molecule is CO[C@@H]1O[C@@H](COC(c2ccccc2)(c2ccccc2)c2ccccc2)[C@@H](O)[C@@H](O)[C@@H]1O. The summed E-state index contributed by atoms with van der Waals surface area (Å²) in [6.07, 6.45) is -6.08. The van der Waals surface area contributed by atoms with Gasteiger partial charge in [-0.2, -0.15) is 0 Å². The molecule has 0 bridgehead atoms. The van der Waals surface area contributed by atoms with E-state index in [9.17, 15) is 15.3 Å². The van der Waals surface area contributed by atoms with Crippen LogP contribution in [0.4, 0.5) is 0 Å². The molecule has 0 spiro atoms. The molecule has 1 fully saturated rings. The van der Waals surface area contributed by atoms with Gasteiger partial charge in [-0.1, -0.05) is 91.0 Å². The molecule has 3 N–H and O–H groups in total. The largest absolute Gasteiger partial charge is 0.387 e. The lowest BCUT2D eigenvalue weighted by Gasteiger charge is -2.42. The molecule has 1 saturated heterocycles. The average molecular weight is 437 g/mol. The Morgan fingerprint density at radius 2 is 1.12 bits per heavy atom. The first-order valence-corrected chi connectivity index (χ1v) is 10.6. The van der Waals surface area contributed by atoms with E-state index in [1.165, 1.54) is 7.11 Å². The maximum Gasteiger partial charge on any atom is 0.186 e. The quantitative estimate of drug-likeness (QED) is 0.493. The molecule has 3 aromatic carbocycles. The molecule has 168 valence electrons. The number of aliphatic hydroxyl groups is 3. The number of benzene rings is 3. The summed E-state index contributed by atoms with van der Waals surface area (Å²) in [5.41, 5.74) is 1.74. The summed E-state index contributed by atoms with van der Waals surface area (Å²) in [6, 6.07) is 29.5. The second-order valence-electron chi connectivity index (χ2n) is 7.84.